The molecule has 0 unspecified atom stereocenters. The second kappa shape index (κ2) is 13.4. The van der Waals surface area contributed by atoms with Crippen LogP contribution in [0.4, 0.5) is 10.1 Å². The first-order valence-electron chi connectivity index (χ1n) is 13.0. The van der Waals surface area contributed by atoms with Gasteiger partial charge in [-0.25, -0.2) is 12.8 Å². The molecule has 0 aromatic heterocycles. The van der Waals surface area contributed by atoms with Gasteiger partial charge in [-0.15, -0.1) is 0 Å². The number of anilines is 1. The predicted molar refractivity (Wildman–Crippen MR) is 151 cm³/mol. The minimum atomic E-state index is -4.19. The summed E-state index contributed by atoms with van der Waals surface area (Å²) in [6.07, 6.45) is 1.71. The van der Waals surface area contributed by atoms with Crippen molar-refractivity contribution in [3.8, 4) is 0 Å². The molecule has 0 saturated carbocycles. The summed E-state index contributed by atoms with van der Waals surface area (Å²) in [6.45, 7) is 7.46. The zero-order valence-corrected chi connectivity index (χ0v) is 23.7. The molecule has 0 saturated heterocycles. The topological polar surface area (TPSA) is 86.8 Å². The molecule has 1 atom stereocenters. The van der Waals surface area contributed by atoms with Crippen molar-refractivity contribution in [2.24, 2.45) is 0 Å². The monoisotopic (exact) mass is 553 g/mol. The fraction of sp³-hybridized carbons (Fsp3) is 0.333. The molecule has 0 fully saturated rings. The molecule has 3 aromatic carbocycles. The highest BCUT2D eigenvalue weighted by molar-refractivity contribution is 7.92. The van der Waals surface area contributed by atoms with Crippen LogP contribution < -0.4 is 9.62 Å². The maximum absolute atomic E-state index is 13.8. The first kappa shape index (κ1) is 29.8. The highest BCUT2D eigenvalue weighted by atomic mass is 32.2. The predicted octanol–water partition coefficient (Wildman–Crippen LogP) is 4.97. The molecule has 0 radical (unpaired) electrons. The number of sulfonamides is 1. The number of hydrogen-bond donors (Lipinski definition) is 1. The smallest absolute Gasteiger partial charge is 0.264 e. The van der Waals surface area contributed by atoms with E-state index in [1.807, 2.05) is 45.0 Å². The van der Waals surface area contributed by atoms with Crippen LogP contribution in [-0.4, -0.2) is 44.3 Å². The number of unbranched alkanes of at least 4 members (excludes halogenated alkanes) is 1. The average molecular weight is 554 g/mol. The van der Waals surface area contributed by atoms with Gasteiger partial charge in [0.25, 0.3) is 10.0 Å². The Morgan fingerprint density at radius 1 is 0.897 bits per heavy atom. The molecular weight excluding hydrogens is 517 g/mol. The third-order valence-corrected chi connectivity index (χ3v) is 8.26. The van der Waals surface area contributed by atoms with Crippen LogP contribution in [0.3, 0.4) is 0 Å². The second-order valence-electron chi connectivity index (χ2n) is 9.63. The molecule has 7 nitrogen and oxygen atoms in total. The van der Waals surface area contributed by atoms with Gasteiger partial charge in [0, 0.05) is 13.1 Å². The standard InChI is InChI=1S/C30H36FN3O4S/c1-5-6-19-32-30(36)24(4)33(20-25-11-7-22(2)8-12-25)29(35)21-34(27-15-13-26(31)14-16-27)39(37,38)28-17-9-23(3)10-18-28/h7-18,24H,5-6,19-21H2,1-4H3,(H,32,36)/t24-/m0/s1. The molecule has 3 aromatic rings. The van der Waals surface area contributed by atoms with Crippen molar-refractivity contribution in [3.05, 3.63) is 95.3 Å². The second-order valence-corrected chi connectivity index (χ2v) is 11.5. The lowest BCUT2D eigenvalue weighted by Crippen LogP contribution is -2.51. The molecular formula is C30H36FN3O4S. The lowest BCUT2D eigenvalue weighted by atomic mass is 10.1. The summed E-state index contributed by atoms with van der Waals surface area (Å²) in [5, 5.41) is 2.86. The number of hydrogen-bond acceptors (Lipinski definition) is 4. The van der Waals surface area contributed by atoms with Crippen molar-refractivity contribution in [3.63, 3.8) is 0 Å². The summed E-state index contributed by atoms with van der Waals surface area (Å²) in [7, 11) is -4.19. The van der Waals surface area contributed by atoms with Gasteiger partial charge in [0.2, 0.25) is 11.8 Å². The van der Waals surface area contributed by atoms with Crippen molar-refractivity contribution >= 4 is 27.5 Å². The van der Waals surface area contributed by atoms with Crippen LogP contribution in [0.15, 0.2) is 77.7 Å². The van der Waals surface area contributed by atoms with Crippen molar-refractivity contribution in [2.75, 3.05) is 17.4 Å². The van der Waals surface area contributed by atoms with Crippen LogP contribution in [0, 0.1) is 19.7 Å². The lowest BCUT2D eigenvalue weighted by molar-refractivity contribution is -0.139. The Labute approximate surface area is 230 Å². The molecule has 0 spiro atoms. The normalized spacial score (nSPS) is 12.0. The largest absolute Gasteiger partial charge is 0.354 e. The van der Waals surface area contributed by atoms with E-state index < -0.39 is 34.3 Å². The van der Waals surface area contributed by atoms with Gasteiger partial charge in [-0.3, -0.25) is 13.9 Å². The van der Waals surface area contributed by atoms with Gasteiger partial charge in [-0.2, -0.15) is 0 Å². The molecule has 3 rings (SSSR count). The number of nitrogens with zero attached hydrogens (tertiary/aromatic N) is 2. The molecule has 9 heteroatoms. The molecule has 208 valence electrons. The van der Waals surface area contributed by atoms with Crippen molar-refractivity contribution < 1.29 is 22.4 Å². The maximum atomic E-state index is 13.8. The van der Waals surface area contributed by atoms with Crippen LogP contribution in [0.1, 0.15) is 43.4 Å². The summed E-state index contributed by atoms with van der Waals surface area (Å²) >= 11 is 0. The van der Waals surface area contributed by atoms with E-state index in [1.54, 1.807) is 19.1 Å². The Morgan fingerprint density at radius 2 is 1.46 bits per heavy atom. The molecule has 2 amide bonds. The molecule has 0 aliphatic carbocycles. The minimum Gasteiger partial charge on any atom is -0.354 e. The van der Waals surface area contributed by atoms with E-state index in [9.17, 15) is 22.4 Å². The summed E-state index contributed by atoms with van der Waals surface area (Å²) < 4.78 is 42.2. The Morgan fingerprint density at radius 3 is 2.03 bits per heavy atom. The van der Waals surface area contributed by atoms with Crippen LogP contribution in [0.2, 0.25) is 0 Å². The fourth-order valence-corrected chi connectivity index (χ4v) is 5.40. The van der Waals surface area contributed by atoms with Gasteiger partial charge >= 0.3 is 0 Å². The zero-order chi connectivity index (χ0) is 28.6. The highest BCUT2D eigenvalue weighted by Crippen LogP contribution is 2.25. The van der Waals surface area contributed by atoms with Crippen LogP contribution in [0.5, 0.6) is 0 Å². The molecule has 0 aliphatic heterocycles. The van der Waals surface area contributed by atoms with Crippen LogP contribution in [0.25, 0.3) is 0 Å². The SMILES string of the molecule is CCCCNC(=O)[C@H](C)N(Cc1ccc(C)cc1)C(=O)CN(c1ccc(F)cc1)S(=O)(=O)c1ccc(C)cc1. The third kappa shape index (κ3) is 7.89. The number of carbonyl (C=O) groups is 2. The Hall–Kier alpha value is -3.72. The lowest BCUT2D eigenvalue weighted by Gasteiger charge is -2.32. The van der Waals surface area contributed by atoms with Crippen molar-refractivity contribution in [1.29, 1.82) is 0 Å². The fourth-order valence-electron chi connectivity index (χ4n) is 3.98. The van der Waals surface area contributed by atoms with Gasteiger partial charge in [0.15, 0.2) is 0 Å². The Kier molecular flexibility index (Phi) is 10.2. The third-order valence-electron chi connectivity index (χ3n) is 6.47. The van der Waals surface area contributed by atoms with Crippen LogP contribution >= 0.6 is 0 Å². The van der Waals surface area contributed by atoms with E-state index in [0.717, 1.165) is 46.0 Å². The van der Waals surface area contributed by atoms with Gasteiger partial charge in [0.1, 0.15) is 18.4 Å². The van der Waals surface area contributed by atoms with E-state index in [4.69, 9.17) is 0 Å². The molecule has 0 heterocycles. The summed E-state index contributed by atoms with van der Waals surface area (Å²) in [6, 6.07) is 17.9. The van der Waals surface area contributed by atoms with Gasteiger partial charge in [-0.05, 0) is 69.2 Å². The minimum absolute atomic E-state index is 0.000617. The number of nitrogens with one attached hydrogen (secondary N) is 1. The van der Waals surface area contributed by atoms with Crippen LogP contribution in [-0.2, 0) is 26.2 Å². The quantitative estimate of drug-likeness (QED) is 0.321. The summed E-state index contributed by atoms with van der Waals surface area (Å²) in [4.78, 5) is 28.2. The number of aryl methyl sites for hydroxylation is 2. The number of rotatable bonds is 12. The summed E-state index contributed by atoms with van der Waals surface area (Å²) in [5.41, 5.74) is 2.87. The highest BCUT2D eigenvalue weighted by Gasteiger charge is 2.32. The first-order valence-corrected chi connectivity index (χ1v) is 14.4. The van der Waals surface area contributed by atoms with Crippen molar-refractivity contribution in [2.45, 2.75) is 58.0 Å². The Bertz CT molecular complexity index is 1360. The van der Waals surface area contributed by atoms with Gasteiger partial charge in [0.05, 0.1) is 10.6 Å². The number of halogens is 1. The molecule has 0 bridgehead atoms. The van der Waals surface area contributed by atoms with E-state index in [0.29, 0.717) is 6.54 Å². The van der Waals surface area contributed by atoms with E-state index in [-0.39, 0.29) is 23.0 Å². The summed E-state index contributed by atoms with van der Waals surface area (Å²) in [5.74, 6) is -1.41. The number of carbonyl (C=O) groups excluding carboxylic acids is 2. The number of amides is 2. The molecule has 1 N–H and O–H groups in total. The maximum Gasteiger partial charge on any atom is 0.264 e. The molecule has 39 heavy (non-hydrogen) atoms. The number of benzene rings is 3. The van der Waals surface area contributed by atoms with Gasteiger partial charge < -0.3 is 10.2 Å². The van der Waals surface area contributed by atoms with E-state index >= 15 is 0 Å². The Balaban J connectivity index is 1.98. The van der Waals surface area contributed by atoms with Crippen molar-refractivity contribution in [1.82, 2.24) is 10.2 Å². The average Bonchev–Trinajstić information content (AvgIpc) is 2.91. The zero-order valence-electron chi connectivity index (χ0n) is 22.9. The molecule has 0 aliphatic rings. The van der Waals surface area contributed by atoms with E-state index in [2.05, 4.69) is 5.32 Å². The first-order chi connectivity index (χ1) is 18.5. The van der Waals surface area contributed by atoms with Gasteiger partial charge in [-0.1, -0.05) is 60.9 Å². The van der Waals surface area contributed by atoms with E-state index in [1.165, 1.54) is 29.2 Å².